The summed E-state index contributed by atoms with van der Waals surface area (Å²) in [6.07, 6.45) is 1.97. The van der Waals surface area contributed by atoms with E-state index in [1.54, 1.807) is 0 Å². The molecule has 5 nitrogen and oxygen atoms in total. The number of nitrogens with zero attached hydrogens (tertiary/aromatic N) is 4. The Balaban J connectivity index is 0.973. The molecule has 12 aromatic rings. The Morgan fingerprint density at radius 2 is 1.00 bits per heavy atom. The molecule has 0 saturated heterocycles. The van der Waals surface area contributed by atoms with Crippen LogP contribution in [0.25, 0.3) is 61.0 Å². The Hall–Kier alpha value is -9.23. The van der Waals surface area contributed by atoms with Crippen LogP contribution < -0.4 is 35.3 Å². The van der Waals surface area contributed by atoms with Crippen LogP contribution in [0.1, 0.15) is 79.0 Å². The van der Waals surface area contributed by atoms with Crippen molar-refractivity contribution in [3.63, 3.8) is 0 Å². The average molecular weight is 1110 g/mol. The van der Waals surface area contributed by atoms with E-state index in [0.717, 1.165) is 51.0 Å². The summed E-state index contributed by atoms with van der Waals surface area (Å²) in [6.45, 7) is 21.4. The standard InChI is InChI=1S/C78H70N4OSi/c1-76(2,3)54-43-44-79-71(48-54)82-65-39-21-19-35-63(65)72-68(82)50-69(73-64-36-20-24-42-70(64)84(75(72)73,59-31-15-11-16-32-59)60-33-17-12-18-34-60)83-58-30-25-29-57(49-58)80-51-81(67-41-23-22-40-66(67)80)74-61(52-27-13-10-14-28-52)37-26-38-62(74)53-45-55(77(4,5)6)47-56(46-53)78(7,8)9/h10-50H,51H2,1-9H3. The van der Waals surface area contributed by atoms with E-state index in [2.05, 4.69) is 319 Å². The molecule has 2 aliphatic heterocycles. The molecule has 2 aliphatic rings. The third-order valence-electron chi connectivity index (χ3n) is 17.6. The minimum atomic E-state index is -3.11. The summed E-state index contributed by atoms with van der Waals surface area (Å²) in [4.78, 5) is 10.2. The minimum Gasteiger partial charge on any atom is -0.457 e. The molecule has 0 aliphatic carbocycles. The fourth-order valence-corrected chi connectivity index (χ4v) is 18.8. The van der Waals surface area contributed by atoms with Gasteiger partial charge in [0.25, 0.3) is 0 Å². The summed E-state index contributed by atoms with van der Waals surface area (Å²) in [5.41, 5.74) is 17.5. The van der Waals surface area contributed by atoms with E-state index in [4.69, 9.17) is 9.72 Å². The number of anilines is 4. The maximum Gasteiger partial charge on any atom is 0.181 e. The maximum atomic E-state index is 7.70. The minimum absolute atomic E-state index is 0.0465. The van der Waals surface area contributed by atoms with Crippen LogP contribution in [0.4, 0.5) is 22.7 Å². The lowest BCUT2D eigenvalue weighted by molar-refractivity contribution is 0.485. The molecule has 0 fully saturated rings. The predicted octanol–water partition coefficient (Wildman–Crippen LogP) is 17.8. The summed E-state index contributed by atoms with van der Waals surface area (Å²) in [7, 11) is -3.11. The summed E-state index contributed by atoms with van der Waals surface area (Å²) >= 11 is 0. The number of para-hydroxylation sites is 4. The van der Waals surface area contributed by atoms with Crippen molar-refractivity contribution in [1.82, 2.24) is 9.55 Å². The number of hydrogen-bond donors (Lipinski definition) is 0. The number of fused-ring (bicyclic) bond motifs is 8. The van der Waals surface area contributed by atoms with Crippen molar-refractivity contribution in [2.24, 2.45) is 0 Å². The van der Waals surface area contributed by atoms with Gasteiger partial charge in [-0.15, -0.1) is 0 Å². The van der Waals surface area contributed by atoms with Crippen molar-refractivity contribution in [1.29, 1.82) is 0 Å². The van der Waals surface area contributed by atoms with E-state index < -0.39 is 8.07 Å². The lowest BCUT2D eigenvalue weighted by atomic mass is 9.78. The van der Waals surface area contributed by atoms with Crippen molar-refractivity contribution in [3.05, 3.63) is 266 Å². The number of benzene rings is 10. The van der Waals surface area contributed by atoms with Gasteiger partial charge in [-0.2, -0.15) is 0 Å². The lowest BCUT2D eigenvalue weighted by Crippen LogP contribution is -2.73. The summed E-state index contributed by atoms with van der Waals surface area (Å²) in [5, 5.41) is 7.80. The number of hydrogen-bond acceptors (Lipinski definition) is 4. The van der Waals surface area contributed by atoms with Gasteiger partial charge in [0.05, 0.1) is 28.1 Å². The first kappa shape index (κ1) is 52.8. The molecule has 0 saturated carbocycles. The zero-order valence-electron chi connectivity index (χ0n) is 49.6. The third-order valence-corrected chi connectivity index (χ3v) is 22.5. The third kappa shape index (κ3) is 8.68. The van der Waals surface area contributed by atoms with Crippen LogP contribution in [-0.2, 0) is 16.2 Å². The molecular formula is C78H70N4OSi. The molecule has 10 aromatic carbocycles. The highest BCUT2D eigenvalue weighted by molar-refractivity contribution is 7.23. The lowest BCUT2D eigenvalue weighted by Gasteiger charge is -2.32. The first-order valence-corrected chi connectivity index (χ1v) is 31.6. The van der Waals surface area contributed by atoms with Crippen LogP contribution >= 0.6 is 0 Å². The first-order chi connectivity index (χ1) is 40.6. The SMILES string of the molecule is CC(C)(C)c1cc(-c2cccc(-c3ccccc3)c2N2CN(c3cccc(Oc4cc5c(c6c4-c4ccccc4[Si]6(c4ccccc4)c4ccccc4)c4ccccc4n5-c4cc(C(C)(C)C)ccn4)c3)c3ccccc32)cc(C(C)(C)C)c1. The van der Waals surface area contributed by atoms with Gasteiger partial charge in [0.2, 0.25) is 0 Å². The van der Waals surface area contributed by atoms with E-state index in [1.165, 1.54) is 81.7 Å². The fraction of sp³-hybridized carbons (Fsp3) is 0.167. The molecule has 0 atom stereocenters. The Labute approximate surface area is 496 Å². The van der Waals surface area contributed by atoms with Gasteiger partial charge in [-0.05, 0) is 113 Å². The number of aromatic nitrogens is 2. The van der Waals surface area contributed by atoms with Crippen molar-refractivity contribution < 1.29 is 4.74 Å². The summed E-state index contributed by atoms with van der Waals surface area (Å²) < 4.78 is 10.1. The summed E-state index contributed by atoms with van der Waals surface area (Å²) in [5.74, 6) is 2.46. The first-order valence-electron chi connectivity index (χ1n) is 29.6. The molecule has 4 heterocycles. The van der Waals surface area contributed by atoms with Crippen molar-refractivity contribution in [2.45, 2.75) is 78.6 Å². The van der Waals surface area contributed by atoms with Gasteiger partial charge in [0, 0.05) is 51.5 Å². The Kier molecular flexibility index (Phi) is 12.6. The normalized spacial score (nSPS) is 13.8. The Bertz CT molecular complexity index is 4430. The van der Waals surface area contributed by atoms with Crippen LogP contribution in [0.5, 0.6) is 11.5 Å². The van der Waals surface area contributed by atoms with Crippen LogP contribution in [0.2, 0.25) is 0 Å². The largest absolute Gasteiger partial charge is 0.457 e. The van der Waals surface area contributed by atoms with E-state index >= 15 is 0 Å². The van der Waals surface area contributed by atoms with Gasteiger partial charge in [-0.25, -0.2) is 4.98 Å². The molecule has 0 unspecified atom stereocenters. The van der Waals surface area contributed by atoms with Crippen molar-refractivity contribution in [2.75, 3.05) is 16.5 Å². The van der Waals surface area contributed by atoms with Crippen LogP contribution in [0.3, 0.4) is 0 Å². The highest BCUT2D eigenvalue weighted by Crippen LogP contribution is 2.52. The number of rotatable bonds is 9. The van der Waals surface area contributed by atoms with Gasteiger partial charge < -0.3 is 14.5 Å². The predicted molar refractivity (Wildman–Crippen MR) is 357 cm³/mol. The quantitative estimate of drug-likeness (QED) is 0.135. The summed E-state index contributed by atoms with van der Waals surface area (Å²) in [6, 6.07) is 90.2. The average Bonchev–Trinajstić information content (AvgIpc) is 1.55. The number of ether oxygens (including phenoxy) is 1. The molecule has 14 rings (SSSR count). The second-order valence-corrected chi connectivity index (χ2v) is 29.7. The smallest absolute Gasteiger partial charge is 0.181 e. The zero-order valence-corrected chi connectivity index (χ0v) is 50.6. The van der Waals surface area contributed by atoms with E-state index in [-0.39, 0.29) is 16.2 Å². The van der Waals surface area contributed by atoms with Gasteiger partial charge in [0.15, 0.2) is 8.07 Å². The fourth-order valence-electron chi connectivity index (χ4n) is 13.4. The van der Waals surface area contributed by atoms with E-state index in [1.807, 2.05) is 6.20 Å². The number of pyridine rings is 1. The van der Waals surface area contributed by atoms with E-state index in [9.17, 15) is 0 Å². The topological polar surface area (TPSA) is 33.5 Å². The molecule has 0 N–H and O–H groups in total. The molecular weight excluding hydrogens is 1040 g/mol. The van der Waals surface area contributed by atoms with E-state index in [0.29, 0.717) is 6.67 Å². The highest BCUT2D eigenvalue weighted by atomic mass is 28.3. The van der Waals surface area contributed by atoms with Crippen molar-refractivity contribution >= 4 is 73.4 Å². The van der Waals surface area contributed by atoms with Crippen LogP contribution in [0, 0.1) is 0 Å². The molecule has 0 amide bonds. The van der Waals surface area contributed by atoms with Gasteiger partial charge in [-0.1, -0.05) is 250 Å². The Morgan fingerprint density at radius 1 is 0.440 bits per heavy atom. The van der Waals surface area contributed by atoms with Crippen LogP contribution in [-0.4, -0.2) is 24.3 Å². The second-order valence-electron chi connectivity index (χ2n) is 26.0. The second kappa shape index (κ2) is 20.0. The zero-order chi connectivity index (χ0) is 57.7. The van der Waals surface area contributed by atoms with Gasteiger partial charge in [-0.3, -0.25) is 4.57 Å². The maximum absolute atomic E-state index is 7.70. The molecule has 2 aromatic heterocycles. The van der Waals surface area contributed by atoms with Crippen molar-refractivity contribution in [3.8, 4) is 50.7 Å². The Morgan fingerprint density at radius 3 is 1.67 bits per heavy atom. The van der Waals surface area contributed by atoms with Gasteiger partial charge in [0.1, 0.15) is 24.0 Å². The highest BCUT2D eigenvalue weighted by Gasteiger charge is 2.51. The molecule has 6 heteroatoms. The molecule has 0 spiro atoms. The molecule has 0 radical (unpaired) electrons. The molecule has 412 valence electrons. The van der Waals surface area contributed by atoms with Crippen LogP contribution in [0.15, 0.2) is 249 Å². The van der Waals surface area contributed by atoms with Gasteiger partial charge >= 0.3 is 0 Å². The monoisotopic (exact) mass is 1110 g/mol. The molecule has 0 bridgehead atoms. The molecule has 84 heavy (non-hydrogen) atoms.